The number of amides is 1. The Morgan fingerprint density at radius 1 is 1.41 bits per heavy atom. The summed E-state index contributed by atoms with van der Waals surface area (Å²) in [5, 5.41) is 7.30. The molecule has 0 aliphatic rings. The molecule has 1 heterocycles. The molecule has 0 bridgehead atoms. The molecular formula is C16H23ClN4O. The summed E-state index contributed by atoms with van der Waals surface area (Å²) in [6, 6.07) is 9.43. The van der Waals surface area contributed by atoms with Gasteiger partial charge in [0, 0.05) is 18.7 Å². The predicted octanol–water partition coefficient (Wildman–Crippen LogP) is 2.88. The second-order valence-electron chi connectivity index (χ2n) is 5.24. The molecule has 1 aromatic carbocycles. The van der Waals surface area contributed by atoms with E-state index in [1.54, 1.807) is 4.68 Å². The average Bonchev–Trinajstić information content (AvgIpc) is 2.80. The predicted molar refractivity (Wildman–Crippen MR) is 92.1 cm³/mol. The first-order valence-electron chi connectivity index (χ1n) is 7.19. The van der Waals surface area contributed by atoms with Gasteiger partial charge in [-0.3, -0.25) is 9.48 Å². The molecule has 0 radical (unpaired) electrons. The van der Waals surface area contributed by atoms with Crippen molar-refractivity contribution in [1.29, 1.82) is 0 Å². The highest BCUT2D eigenvalue weighted by molar-refractivity contribution is 5.94. The van der Waals surface area contributed by atoms with Gasteiger partial charge >= 0.3 is 0 Å². The zero-order valence-electron chi connectivity index (χ0n) is 13.2. The van der Waals surface area contributed by atoms with E-state index in [9.17, 15) is 4.79 Å². The highest BCUT2D eigenvalue weighted by atomic mass is 35.5. The fraction of sp³-hybridized carbons (Fsp3) is 0.375. The summed E-state index contributed by atoms with van der Waals surface area (Å²) in [6.45, 7) is 4.05. The van der Waals surface area contributed by atoms with E-state index in [-0.39, 0.29) is 18.3 Å². The van der Waals surface area contributed by atoms with Gasteiger partial charge in [-0.25, -0.2) is 0 Å². The quantitative estimate of drug-likeness (QED) is 0.889. The Hall–Kier alpha value is -1.85. The van der Waals surface area contributed by atoms with Crippen LogP contribution < -0.4 is 11.1 Å². The molecule has 5 nitrogen and oxygen atoms in total. The lowest BCUT2D eigenvalue weighted by Crippen LogP contribution is -2.35. The number of anilines is 1. The molecule has 6 heteroatoms. The van der Waals surface area contributed by atoms with Crippen LogP contribution in [0.1, 0.15) is 25.3 Å². The number of aryl methyl sites for hydroxylation is 2. The number of nitrogens with one attached hydrogen (secondary N) is 1. The van der Waals surface area contributed by atoms with Crippen molar-refractivity contribution in [2.45, 2.75) is 32.7 Å². The van der Waals surface area contributed by atoms with Crippen molar-refractivity contribution >= 4 is 24.1 Å². The molecule has 0 fully saturated rings. The Morgan fingerprint density at radius 2 is 2.09 bits per heavy atom. The minimum Gasteiger partial charge on any atom is -0.320 e. The molecule has 0 saturated heterocycles. The van der Waals surface area contributed by atoms with Crippen LogP contribution in [0.2, 0.25) is 0 Å². The number of hydrogen-bond acceptors (Lipinski definition) is 3. The summed E-state index contributed by atoms with van der Waals surface area (Å²) < 4.78 is 1.67. The van der Waals surface area contributed by atoms with Crippen molar-refractivity contribution < 1.29 is 4.79 Å². The molecular weight excluding hydrogens is 300 g/mol. The van der Waals surface area contributed by atoms with Crippen molar-refractivity contribution in [1.82, 2.24) is 9.78 Å². The minimum atomic E-state index is -0.480. The van der Waals surface area contributed by atoms with Crippen LogP contribution in [0.5, 0.6) is 0 Å². The summed E-state index contributed by atoms with van der Waals surface area (Å²) in [5.74, 6) is 0.487. The maximum atomic E-state index is 12.0. The van der Waals surface area contributed by atoms with E-state index in [0.29, 0.717) is 12.2 Å². The molecule has 120 valence electrons. The fourth-order valence-corrected chi connectivity index (χ4v) is 2.24. The maximum Gasteiger partial charge on any atom is 0.242 e. The highest BCUT2D eigenvalue weighted by Crippen LogP contribution is 2.24. The Morgan fingerprint density at radius 3 is 2.73 bits per heavy atom. The number of nitrogens with two attached hydrogens (primary N) is 1. The molecule has 2 aromatic rings. The van der Waals surface area contributed by atoms with E-state index in [4.69, 9.17) is 5.73 Å². The monoisotopic (exact) mass is 322 g/mol. The molecule has 2 rings (SSSR count). The molecule has 1 unspecified atom stereocenters. The topological polar surface area (TPSA) is 72.9 Å². The van der Waals surface area contributed by atoms with E-state index in [2.05, 4.69) is 10.4 Å². The molecule has 0 saturated carbocycles. The third-order valence-electron chi connectivity index (χ3n) is 3.49. The second kappa shape index (κ2) is 7.96. The van der Waals surface area contributed by atoms with Gasteiger partial charge in [-0.1, -0.05) is 37.6 Å². The maximum absolute atomic E-state index is 12.0. The lowest BCUT2D eigenvalue weighted by atomic mass is 10.1. The summed E-state index contributed by atoms with van der Waals surface area (Å²) in [5.41, 5.74) is 8.88. The van der Waals surface area contributed by atoms with Gasteiger partial charge in [0.15, 0.2) is 0 Å². The highest BCUT2D eigenvalue weighted by Gasteiger charge is 2.15. The lowest BCUT2D eigenvalue weighted by Gasteiger charge is -2.10. The Labute approximate surface area is 137 Å². The summed E-state index contributed by atoms with van der Waals surface area (Å²) in [7, 11) is 1.81. The van der Waals surface area contributed by atoms with E-state index in [1.807, 2.05) is 51.2 Å². The number of carbonyl (C=O) groups is 1. The number of hydrogen-bond donors (Lipinski definition) is 2. The zero-order chi connectivity index (χ0) is 15.4. The van der Waals surface area contributed by atoms with E-state index < -0.39 is 6.04 Å². The van der Waals surface area contributed by atoms with Gasteiger partial charge in [-0.15, -0.1) is 12.4 Å². The van der Waals surface area contributed by atoms with E-state index in [0.717, 1.165) is 23.2 Å². The second-order valence-corrected chi connectivity index (χ2v) is 5.24. The van der Waals surface area contributed by atoms with Gasteiger partial charge < -0.3 is 11.1 Å². The number of carbonyl (C=O) groups excluding carboxylic acids is 1. The van der Waals surface area contributed by atoms with Crippen molar-refractivity contribution in [3.8, 4) is 11.3 Å². The smallest absolute Gasteiger partial charge is 0.242 e. The number of benzene rings is 1. The number of nitrogens with zero attached hydrogens (tertiary/aromatic N) is 2. The van der Waals surface area contributed by atoms with Crippen molar-refractivity contribution in [3.05, 3.63) is 35.9 Å². The first-order chi connectivity index (χ1) is 10.0. The van der Waals surface area contributed by atoms with Crippen LogP contribution in [0.4, 0.5) is 5.82 Å². The Bertz CT molecular complexity index is 639. The third-order valence-corrected chi connectivity index (χ3v) is 3.49. The van der Waals surface area contributed by atoms with Crippen LogP contribution in [-0.4, -0.2) is 21.7 Å². The normalized spacial score (nSPS) is 11.6. The molecule has 0 aliphatic heterocycles. The van der Waals surface area contributed by atoms with Crippen molar-refractivity contribution in [2.24, 2.45) is 12.8 Å². The molecule has 1 aromatic heterocycles. The van der Waals surface area contributed by atoms with Crippen LogP contribution in [0.25, 0.3) is 11.3 Å². The summed E-state index contributed by atoms with van der Waals surface area (Å²) in [4.78, 5) is 12.0. The van der Waals surface area contributed by atoms with E-state index in [1.165, 1.54) is 0 Å². The number of aromatic nitrogens is 2. The van der Waals surface area contributed by atoms with Gasteiger partial charge in [-0.05, 0) is 18.9 Å². The van der Waals surface area contributed by atoms with Gasteiger partial charge in [0.2, 0.25) is 5.91 Å². The molecule has 0 aliphatic carbocycles. The number of rotatable bonds is 5. The van der Waals surface area contributed by atoms with Gasteiger partial charge in [-0.2, -0.15) is 5.10 Å². The van der Waals surface area contributed by atoms with Crippen LogP contribution in [0, 0.1) is 6.92 Å². The zero-order valence-corrected chi connectivity index (χ0v) is 14.0. The van der Waals surface area contributed by atoms with Crippen molar-refractivity contribution in [2.75, 3.05) is 5.32 Å². The average molecular weight is 323 g/mol. The molecule has 0 spiro atoms. The Balaban J connectivity index is 0.00000242. The standard InChI is InChI=1S/C16H22N4O.ClH/c1-4-7-13(17)16(21)18-15-10-14(19-20(15)3)12-9-6-5-8-11(12)2;/h5-6,8-10,13H,4,7,17H2,1-3H3,(H,18,21);1H. The van der Waals surface area contributed by atoms with Crippen LogP contribution >= 0.6 is 12.4 Å². The first kappa shape index (κ1) is 18.2. The van der Waals surface area contributed by atoms with Crippen LogP contribution in [0.15, 0.2) is 30.3 Å². The van der Waals surface area contributed by atoms with Crippen LogP contribution in [-0.2, 0) is 11.8 Å². The molecule has 1 atom stereocenters. The third kappa shape index (κ3) is 4.08. The SMILES string of the molecule is CCCC(N)C(=O)Nc1cc(-c2ccccc2C)nn1C.Cl. The Kier molecular flexibility index (Phi) is 6.59. The molecule has 22 heavy (non-hydrogen) atoms. The largest absolute Gasteiger partial charge is 0.320 e. The van der Waals surface area contributed by atoms with Gasteiger partial charge in [0.05, 0.1) is 11.7 Å². The molecule has 1 amide bonds. The van der Waals surface area contributed by atoms with Crippen LogP contribution in [0.3, 0.4) is 0 Å². The van der Waals surface area contributed by atoms with E-state index >= 15 is 0 Å². The summed E-state index contributed by atoms with van der Waals surface area (Å²) >= 11 is 0. The summed E-state index contributed by atoms with van der Waals surface area (Å²) in [6.07, 6.45) is 1.56. The fourth-order valence-electron chi connectivity index (χ4n) is 2.24. The first-order valence-corrected chi connectivity index (χ1v) is 7.19. The lowest BCUT2D eigenvalue weighted by molar-refractivity contribution is -0.117. The van der Waals surface area contributed by atoms with Gasteiger partial charge in [0.1, 0.15) is 5.82 Å². The van der Waals surface area contributed by atoms with Gasteiger partial charge in [0.25, 0.3) is 0 Å². The number of halogens is 1. The molecule has 3 N–H and O–H groups in total. The minimum absolute atomic E-state index is 0. The van der Waals surface area contributed by atoms with Crippen molar-refractivity contribution in [3.63, 3.8) is 0 Å².